The second kappa shape index (κ2) is 6.07. The summed E-state index contributed by atoms with van der Waals surface area (Å²) in [5.74, 6) is -0.819. The topological polar surface area (TPSA) is 67.6 Å². The molecule has 1 aliphatic heterocycles. The van der Waals surface area contributed by atoms with E-state index in [9.17, 15) is 9.59 Å². The highest BCUT2D eigenvalue weighted by molar-refractivity contribution is 6.21. The van der Waals surface area contributed by atoms with Gasteiger partial charge in [0.25, 0.3) is 11.8 Å². The maximum Gasteiger partial charge on any atom is 0.282 e. The van der Waals surface area contributed by atoms with E-state index in [1.54, 1.807) is 24.3 Å². The Bertz CT molecular complexity index is 1020. The summed E-state index contributed by atoms with van der Waals surface area (Å²) < 4.78 is 1.82. The Hall–Kier alpha value is -3.54. The molecule has 6 nitrogen and oxygen atoms in total. The fraction of sp³-hybridized carbons (Fsp3) is 0.100. The Morgan fingerprint density at radius 1 is 0.885 bits per heavy atom. The first-order chi connectivity index (χ1) is 12.6. The first-order valence-corrected chi connectivity index (χ1v) is 8.21. The van der Waals surface area contributed by atoms with Gasteiger partial charge in [0.05, 0.1) is 34.4 Å². The molecule has 0 bridgehead atoms. The Morgan fingerprint density at radius 3 is 2.08 bits per heavy atom. The van der Waals surface area contributed by atoms with Gasteiger partial charge in [-0.15, -0.1) is 0 Å². The number of aryl methyl sites for hydroxylation is 1. The summed E-state index contributed by atoms with van der Waals surface area (Å²) in [6, 6.07) is 16.5. The van der Waals surface area contributed by atoms with Crippen molar-refractivity contribution in [1.82, 2.24) is 14.8 Å². The van der Waals surface area contributed by atoms with Gasteiger partial charge in [0.2, 0.25) is 0 Å². The van der Waals surface area contributed by atoms with Gasteiger partial charge >= 0.3 is 0 Å². The maximum atomic E-state index is 12.4. The molecule has 0 atom stereocenters. The molecule has 0 unspecified atom stereocenters. The van der Waals surface area contributed by atoms with Crippen molar-refractivity contribution >= 4 is 18.0 Å². The van der Waals surface area contributed by atoms with Crippen LogP contribution in [0.5, 0.6) is 0 Å². The molecule has 6 heteroatoms. The maximum absolute atomic E-state index is 12.4. The normalized spacial score (nSPS) is 13.7. The minimum absolute atomic E-state index is 0.378. The zero-order chi connectivity index (χ0) is 18.3. The van der Waals surface area contributed by atoms with Gasteiger partial charge in [0, 0.05) is 5.56 Å². The third-order valence-electron chi connectivity index (χ3n) is 4.42. The summed E-state index contributed by atoms with van der Waals surface area (Å²) in [5, 5.41) is 9.60. The summed E-state index contributed by atoms with van der Waals surface area (Å²) in [5.41, 5.74) is 4.13. The quantitative estimate of drug-likeness (QED) is 0.541. The van der Waals surface area contributed by atoms with E-state index in [4.69, 9.17) is 0 Å². The number of imide groups is 1. The number of para-hydroxylation sites is 1. The van der Waals surface area contributed by atoms with Crippen molar-refractivity contribution in [2.24, 2.45) is 5.10 Å². The van der Waals surface area contributed by atoms with E-state index in [2.05, 4.69) is 10.2 Å². The molecule has 26 heavy (non-hydrogen) atoms. The number of carbonyl (C=O) groups excluding carboxylic acids is 2. The average molecular weight is 344 g/mol. The van der Waals surface area contributed by atoms with Gasteiger partial charge in [-0.2, -0.15) is 15.2 Å². The third-order valence-corrected chi connectivity index (χ3v) is 4.42. The molecule has 2 heterocycles. The van der Waals surface area contributed by atoms with Crippen LogP contribution in [0.1, 0.15) is 37.7 Å². The second-order valence-corrected chi connectivity index (χ2v) is 6.04. The molecule has 0 saturated heterocycles. The van der Waals surface area contributed by atoms with Crippen molar-refractivity contribution in [1.29, 1.82) is 0 Å². The molecular formula is C20H16N4O2. The van der Waals surface area contributed by atoms with Gasteiger partial charge < -0.3 is 0 Å². The number of benzene rings is 2. The minimum Gasteiger partial charge on any atom is -0.267 e. The van der Waals surface area contributed by atoms with Gasteiger partial charge in [-0.1, -0.05) is 30.3 Å². The lowest BCUT2D eigenvalue weighted by Gasteiger charge is -2.06. The van der Waals surface area contributed by atoms with Crippen LogP contribution in [0.4, 0.5) is 0 Å². The number of carbonyl (C=O) groups is 2. The standard InChI is InChI=1S/C20H16N4O2/c1-13-18(14(2)23(22-13)15-8-4-3-5-9-15)12-21-24-19(25)16-10-6-7-11-17(16)20(24)26/h3-12H,1-2H3. The summed E-state index contributed by atoms with van der Waals surface area (Å²) in [6.45, 7) is 3.80. The van der Waals surface area contributed by atoms with E-state index >= 15 is 0 Å². The van der Waals surface area contributed by atoms with Crippen LogP contribution in [0.15, 0.2) is 59.7 Å². The molecule has 0 N–H and O–H groups in total. The zero-order valence-corrected chi connectivity index (χ0v) is 14.4. The summed E-state index contributed by atoms with van der Waals surface area (Å²) in [7, 11) is 0. The first kappa shape index (κ1) is 16.0. The SMILES string of the molecule is Cc1nn(-c2ccccc2)c(C)c1C=NN1C(=O)c2ccccc2C1=O. The highest BCUT2D eigenvalue weighted by Gasteiger charge is 2.35. The molecule has 0 fully saturated rings. The number of hydrazone groups is 1. The molecule has 4 rings (SSSR count). The fourth-order valence-corrected chi connectivity index (χ4v) is 3.06. The Kier molecular flexibility index (Phi) is 3.73. The van der Waals surface area contributed by atoms with Gasteiger partial charge in [0.15, 0.2) is 0 Å². The number of fused-ring (bicyclic) bond motifs is 1. The largest absolute Gasteiger partial charge is 0.282 e. The molecule has 2 aromatic carbocycles. The van der Waals surface area contributed by atoms with Crippen LogP contribution in [0.25, 0.3) is 5.69 Å². The van der Waals surface area contributed by atoms with E-state index < -0.39 is 11.8 Å². The molecule has 0 saturated carbocycles. The Morgan fingerprint density at radius 2 is 1.46 bits per heavy atom. The van der Waals surface area contributed by atoms with Crippen LogP contribution < -0.4 is 0 Å². The second-order valence-electron chi connectivity index (χ2n) is 6.04. The summed E-state index contributed by atoms with van der Waals surface area (Å²) >= 11 is 0. The number of nitrogens with zero attached hydrogens (tertiary/aromatic N) is 4. The molecule has 2 amide bonds. The predicted octanol–water partition coefficient (Wildman–Crippen LogP) is 3.12. The average Bonchev–Trinajstić information content (AvgIpc) is 3.09. The Balaban J connectivity index is 1.68. The van der Waals surface area contributed by atoms with Crippen molar-refractivity contribution in [2.45, 2.75) is 13.8 Å². The van der Waals surface area contributed by atoms with Crippen molar-refractivity contribution < 1.29 is 9.59 Å². The molecule has 128 valence electrons. The third kappa shape index (κ3) is 2.43. The highest BCUT2D eigenvalue weighted by Crippen LogP contribution is 2.23. The van der Waals surface area contributed by atoms with Crippen molar-refractivity contribution in [2.75, 3.05) is 0 Å². The van der Waals surface area contributed by atoms with Crippen molar-refractivity contribution in [3.63, 3.8) is 0 Å². The molecule has 0 spiro atoms. The van der Waals surface area contributed by atoms with Crippen LogP contribution in [0, 0.1) is 13.8 Å². The van der Waals surface area contributed by atoms with Gasteiger partial charge in [-0.3, -0.25) is 9.59 Å². The molecule has 3 aromatic rings. The lowest BCUT2D eigenvalue weighted by Crippen LogP contribution is -2.24. The van der Waals surface area contributed by atoms with Crippen LogP contribution >= 0.6 is 0 Å². The van der Waals surface area contributed by atoms with E-state index in [0.717, 1.165) is 27.6 Å². The first-order valence-electron chi connectivity index (χ1n) is 8.21. The smallest absolute Gasteiger partial charge is 0.267 e. The molecule has 0 aliphatic carbocycles. The van der Waals surface area contributed by atoms with E-state index in [-0.39, 0.29) is 0 Å². The summed E-state index contributed by atoms with van der Waals surface area (Å²) in [4.78, 5) is 24.8. The van der Waals surface area contributed by atoms with Crippen molar-refractivity contribution in [3.8, 4) is 5.69 Å². The number of hydrogen-bond acceptors (Lipinski definition) is 4. The van der Waals surface area contributed by atoms with Gasteiger partial charge in [-0.05, 0) is 38.1 Å². The molecular weight excluding hydrogens is 328 g/mol. The van der Waals surface area contributed by atoms with E-state index in [1.807, 2.05) is 48.9 Å². The number of rotatable bonds is 3. The fourth-order valence-electron chi connectivity index (χ4n) is 3.06. The number of aromatic nitrogens is 2. The van der Waals surface area contributed by atoms with Gasteiger partial charge in [0.1, 0.15) is 0 Å². The Labute approximate surface area is 150 Å². The van der Waals surface area contributed by atoms with E-state index in [1.165, 1.54) is 6.21 Å². The molecule has 1 aliphatic rings. The highest BCUT2D eigenvalue weighted by atomic mass is 16.2. The van der Waals surface area contributed by atoms with E-state index in [0.29, 0.717) is 11.1 Å². The number of hydrogen-bond donors (Lipinski definition) is 0. The van der Waals surface area contributed by atoms with Crippen LogP contribution in [0.3, 0.4) is 0 Å². The van der Waals surface area contributed by atoms with Crippen molar-refractivity contribution in [3.05, 3.63) is 82.7 Å². The predicted molar refractivity (Wildman–Crippen MR) is 97.6 cm³/mol. The van der Waals surface area contributed by atoms with Crippen LogP contribution in [0.2, 0.25) is 0 Å². The lowest BCUT2D eigenvalue weighted by molar-refractivity contribution is 0.0660. The molecule has 1 aromatic heterocycles. The minimum atomic E-state index is -0.410. The lowest BCUT2D eigenvalue weighted by atomic mass is 10.1. The monoisotopic (exact) mass is 344 g/mol. The van der Waals surface area contributed by atoms with Crippen LogP contribution in [-0.4, -0.2) is 32.8 Å². The summed E-state index contributed by atoms with van der Waals surface area (Å²) in [6.07, 6.45) is 1.53. The number of amides is 2. The van der Waals surface area contributed by atoms with Crippen LogP contribution in [-0.2, 0) is 0 Å². The zero-order valence-electron chi connectivity index (χ0n) is 14.4. The molecule has 0 radical (unpaired) electrons. The van der Waals surface area contributed by atoms with Gasteiger partial charge in [-0.25, -0.2) is 4.68 Å².